The zero-order chi connectivity index (χ0) is 27.4. The van der Waals surface area contributed by atoms with E-state index in [1.54, 1.807) is 34.1 Å². The molecule has 11 heteroatoms. The van der Waals surface area contributed by atoms with Crippen LogP contribution in [0.15, 0.2) is 35.4 Å². The Morgan fingerprint density at radius 2 is 1.89 bits per heavy atom. The molecule has 2 fully saturated rings. The molecule has 0 bridgehead atoms. The minimum Gasteiger partial charge on any atom is -0.373 e. The molecule has 2 atom stereocenters. The third-order valence-electron chi connectivity index (χ3n) is 8.13. The van der Waals surface area contributed by atoms with Crippen molar-refractivity contribution in [1.82, 2.24) is 19.4 Å². The molecule has 1 amide bonds. The molecule has 2 aliphatic rings. The maximum Gasteiger partial charge on any atom is 0.266 e. The van der Waals surface area contributed by atoms with Gasteiger partial charge in [0, 0.05) is 45.1 Å². The molecular weight excluding hydrogens is 499 g/mol. The first-order valence-corrected chi connectivity index (χ1v) is 12.6. The summed E-state index contributed by atoms with van der Waals surface area (Å²) in [5, 5.41) is 3.63. The minimum atomic E-state index is -2.94. The summed E-state index contributed by atoms with van der Waals surface area (Å²) in [4.78, 5) is 36.4. The van der Waals surface area contributed by atoms with Crippen molar-refractivity contribution in [3.8, 4) is 0 Å². The molecule has 3 heterocycles. The number of halogens is 3. The van der Waals surface area contributed by atoms with Gasteiger partial charge in [-0.2, -0.15) is 0 Å². The van der Waals surface area contributed by atoms with Gasteiger partial charge in [0.1, 0.15) is 29.2 Å². The van der Waals surface area contributed by atoms with Crippen LogP contribution in [0.3, 0.4) is 0 Å². The maximum absolute atomic E-state index is 14.8. The Morgan fingerprint density at radius 3 is 2.53 bits per heavy atom. The maximum atomic E-state index is 14.8. The van der Waals surface area contributed by atoms with Crippen LogP contribution < -0.4 is 10.9 Å². The van der Waals surface area contributed by atoms with Crippen LogP contribution in [0.2, 0.25) is 0 Å². The van der Waals surface area contributed by atoms with Crippen LogP contribution in [0, 0.1) is 5.82 Å². The monoisotopic (exact) mass is 529 g/mol. The van der Waals surface area contributed by atoms with Crippen molar-refractivity contribution in [2.24, 2.45) is 7.05 Å². The second-order valence-electron chi connectivity index (χ2n) is 10.3. The lowest BCUT2D eigenvalue weighted by atomic mass is 9.79. The number of hydrogen-bond acceptors (Lipinski definition) is 6. The van der Waals surface area contributed by atoms with Crippen molar-refractivity contribution in [2.45, 2.75) is 63.1 Å². The third kappa shape index (κ3) is 4.13. The van der Waals surface area contributed by atoms with Crippen molar-refractivity contribution in [3.63, 3.8) is 0 Å². The Kier molecular flexibility index (Phi) is 6.45. The lowest BCUT2D eigenvalue weighted by molar-refractivity contribution is -0.143. The lowest BCUT2D eigenvalue weighted by Gasteiger charge is -2.46. The van der Waals surface area contributed by atoms with Crippen molar-refractivity contribution < 1.29 is 22.7 Å². The van der Waals surface area contributed by atoms with Gasteiger partial charge in [0.25, 0.3) is 12.0 Å². The van der Waals surface area contributed by atoms with Gasteiger partial charge in [-0.05, 0) is 32.3 Å². The fraction of sp³-hybridized carbons (Fsp3) is 0.481. The van der Waals surface area contributed by atoms with Gasteiger partial charge in [0.15, 0.2) is 0 Å². The number of carbonyl (C=O) groups excluding carboxylic acids is 1. The van der Waals surface area contributed by atoms with Crippen LogP contribution >= 0.6 is 0 Å². The van der Waals surface area contributed by atoms with Crippen LogP contribution in [0.4, 0.5) is 19.0 Å². The number of benzene rings is 1. The zero-order valence-electron chi connectivity index (χ0n) is 21.7. The van der Waals surface area contributed by atoms with Crippen molar-refractivity contribution in [1.29, 1.82) is 0 Å². The van der Waals surface area contributed by atoms with Crippen molar-refractivity contribution in [2.75, 3.05) is 19.0 Å². The highest BCUT2D eigenvalue weighted by Gasteiger charge is 2.58. The summed E-state index contributed by atoms with van der Waals surface area (Å²) in [5.74, 6) is -0.635. The number of methoxy groups -OCH3 is 1. The van der Waals surface area contributed by atoms with Crippen molar-refractivity contribution >= 4 is 22.8 Å². The molecular formula is C27H30F3N5O3. The van der Waals surface area contributed by atoms with E-state index in [1.807, 2.05) is 4.90 Å². The number of aryl methyl sites for hydroxylation is 1. The third-order valence-corrected chi connectivity index (χ3v) is 8.13. The van der Waals surface area contributed by atoms with Gasteiger partial charge in [0.2, 0.25) is 5.91 Å². The molecule has 1 saturated carbocycles. The van der Waals surface area contributed by atoms with E-state index in [1.165, 1.54) is 23.0 Å². The lowest BCUT2D eigenvalue weighted by Crippen LogP contribution is -2.54. The smallest absolute Gasteiger partial charge is 0.266 e. The summed E-state index contributed by atoms with van der Waals surface area (Å²) in [6.07, 6.45) is 0.997. The van der Waals surface area contributed by atoms with E-state index >= 15 is 0 Å². The predicted octanol–water partition coefficient (Wildman–Crippen LogP) is 4.59. The van der Waals surface area contributed by atoms with Gasteiger partial charge < -0.3 is 15.0 Å². The highest BCUT2D eigenvalue weighted by Crippen LogP contribution is 2.54. The summed E-state index contributed by atoms with van der Waals surface area (Å²) in [6, 6.07) is 4.90. The van der Waals surface area contributed by atoms with E-state index in [0.717, 1.165) is 18.9 Å². The van der Waals surface area contributed by atoms with Crippen LogP contribution in [0.25, 0.3) is 11.0 Å². The summed E-state index contributed by atoms with van der Waals surface area (Å²) in [6.45, 7) is 3.68. The second-order valence-corrected chi connectivity index (χ2v) is 10.3. The Bertz CT molecular complexity index is 1470. The number of carbonyl (C=O) groups is 1. The standard InChI is InChI=1S/C27H30F3N5O3/c1-15(17-6-5-7-18(21(17)28)22(29)30)33-23-19-12-20(25(37)34(3)24(19)32-14-31-23)27(38-4)10-11-35(16(2)36)26(13-27)8-9-26/h5-7,12,14-15,22H,8-11,13H2,1-4H3,(H,31,32,33)/t15-,27?/m1/s1. The fourth-order valence-electron chi connectivity index (χ4n) is 5.91. The van der Waals surface area contributed by atoms with E-state index < -0.39 is 29.4 Å². The molecule has 1 aliphatic heterocycles. The molecule has 1 aliphatic carbocycles. The number of rotatable bonds is 6. The Balaban J connectivity index is 1.58. The van der Waals surface area contributed by atoms with Gasteiger partial charge in [-0.1, -0.05) is 18.2 Å². The van der Waals surface area contributed by atoms with E-state index in [2.05, 4.69) is 15.3 Å². The quantitative estimate of drug-likeness (QED) is 0.502. The minimum absolute atomic E-state index is 0.00985. The molecule has 8 nitrogen and oxygen atoms in total. The van der Waals surface area contributed by atoms with E-state index in [4.69, 9.17) is 4.74 Å². The first-order valence-electron chi connectivity index (χ1n) is 12.6. The first-order chi connectivity index (χ1) is 18.0. The topological polar surface area (TPSA) is 89.3 Å². The molecule has 5 rings (SSSR count). The predicted molar refractivity (Wildman–Crippen MR) is 135 cm³/mol. The number of ether oxygens (including phenoxy) is 1. The Hall–Kier alpha value is -3.47. The van der Waals surface area contributed by atoms with Crippen molar-refractivity contribution in [3.05, 3.63) is 63.5 Å². The molecule has 1 spiro atoms. The largest absolute Gasteiger partial charge is 0.373 e. The molecule has 202 valence electrons. The van der Waals surface area contributed by atoms with E-state index in [0.29, 0.717) is 41.8 Å². The number of likely N-dealkylation sites (tertiary alicyclic amines) is 1. The number of anilines is 1. The average Bonchev–Trinajstić information content (AvgIpc) is 3.64. The van der Waals surface area contributed by atoms with E-state index in [9.17, 15) is 22.8 Å². The number of nitrogens with zero attached hydrogens (tertiary/aromatic N) is 4. The molecule has 1 saturated heterocycles. The number of amides is 1. The number of aromatic nitrogens is 3. The highest BCUT2D eigenvalue weighted by atomic mass is 19.3. The molecule has 1 N–H and O–H groups in total. The number of pyridine rings is 1. The summed E-state index contributed by atoms with van der Waals surface area (Å²) < 4.78 is 48.8. The van der Waals surface area contributed by atoms with Crippen LogP contribution in [-0.4, -0.2) is 44.5 Å². The molecule has 1 unspecified atom stereocenters. The van der Waals surface area contributed by atoms with Gasteiger partial charge >= 0.3 is 0 Å². The number of piperidine rings is 1. The SMILES string of the molecule is COC1(c2cc3c(N[C@H](C)c4cccc(C(F)F)c4F)ncnc3n(C)c2=O)CCN(C(C)=O)C2(CC2)C1. The van der Waals surface area contributed by atoms with E-state index in [-0.39, 0.29) is 22.6 Å². The number of nitrogens with one attached hydrogen (secondary N) is 1. The molecule has 3 aromatic rings. The van der Waals surface area contributed by atoms with Gasteiger partial charge in [-0.3, -0.25) is 14.2 Å². The summed E-state index contributed by atoms with van der Waals surface area (Å²) in [5.41, 5.74) is -1.31. The van der Waals surface area contributed by atoms with Crippen LogP contribution in [0.5, 0.6) is 0 Å². The van der Waals surface area contributed by atoms with Crippen LogP contribution in [0.1, 0.15) is 68.7 Å². The molecule has 2 aromatic heterocycles. The Morgan fingerprint density at radius 1 is 1.18 bits per heavy atom. The van der Waals surface area contributed by atoms with Gasteiger partial charge in [-0.15, -0.1) is 0 Å². The summed E-state index contributed by atoms with van der Waals surface area (Å²) >= 11 is 0. The molecule has 1 aromatic carbocycles. The van der Waals surface area contributed by atoms with Gasteiger partial charge in [-0.25, -0.2) is 23.1 Å². The summed E-state index contributed by atoms with van der Waals surface area (Å²) in [7, 11) is 3.19. The molecule has 38 heavy (non-hydrogen) atoms. The Labute approximate surface area is 217 Å². The zero-order valence-corrected chi connectivity index (χ0v) is 21.7. The highest BCUT2D eigenvalue weighted by molar-refractivity contribution is 5.87. The number of fused-ring (bicyclic) bond motifs is 1. The first kappa shape index (κ1) is 26.1. The second kappa shape index (κ2) is 9.37. The van der Waals surface area contributed by atoms with Gasteiger partial charge in [0.05, 0.1) is 22.6 Å². The normalized spacial score (nSPS) is 21.2. The number of alkyl halides is 2. The van der Waals surface area contributed by atoms with Crippen LogP contribution in [-0.2, 0) is 22.2 Å². The fourth-order valence-corrected chi connectivity index (χ4v) is 5.91. The average molecular weight is 530 g/mol. The molecule has 0 radical (unpaired) electrons. The number of hydrogen-bond donors (Lipinski definition) is 1.